The monoisotopic (exact) mass is 433 g/mol. The Bertz CT molecular complexity index is 848. The molecule has 1 aliphatic carbocycles. The van der Waals surface area contributed by atoms with Gasteiger partial charge in [-0.25, -0.2) is 9.97 Å². The van der Waals surface area contributed by atoms with Crippen LogP contribution >= 0.6 is 0 Å². The molecule has 2 aromatic rings. The Morgan fingerprint density at radius 2 is 1.62 bits per heavy atom. The Balaban J connectivity index is 1.50. The van der Waals surface area contributed by atoms with Gasteiger partial charge in [0.25, 0.3) is 0 Å². The first kappa shape index (κ1) is 24.2. The van der Waals surface area contributed by atoms with E-state index in [1.807, 2.05) is 12.1 Å². The predicted molar refractivity (Wildman–Crippen MR) is 130 cm³/mol. The van der Waals surface area contributed by atoms with Crippen molar-refractivity contribution in [3.63, 3.8) is 0 Å². The average Bonchev–Trinajstić information content (AvgIpc) is 2.84. The number of aromatic nitrogens is 2. The summed E-state index contributed by atoms with van der Waals surface area (Å²) in [6, 6.07) is 8.93. The molecular weight excluding hydrogens is 394 g/mol. The van der Waals surface area contributed by atoms with Crippen molar-refractivity contribution >= 4 is 0 Å². The Morgan fingerprint density at radius 1 is 0.938 bits per heavy atom. The first-order chi connectivity index (χ1) is 15.7. The zero-order valence-electron chi connectivity index (χ0n) is 20.0. The molecule has 172 valence electrons. The lowest BCUT2D eigenvalue weighted by molar-refractivity contribution is 0.169. The van der Waals surface area contributed by atoms with E-state index in [1.165, 1.54) is 69.8 Å². The van der Waals surface area contributed by atoms with Gasteiger partial charge in [0.05, 0.1) is 18.2 Å². The van der Waals surface area contributed by atoms with E-state index >= 15 is 0 Å². The van der Waals surface area contributed by atoms with Gasteiger partial charge in [-0.15, -0.1) is 0 Å². The smallest absolute Gasteiger partial charge is 0.316 e. The number of hydrogen-bond acceptors (Lipinski definition) is 4. The quantitative estimate of drug-likeness (QED) is 0.325. The second kappa shape index (κ2) is 13.2. The lowest BCUT2D eigenvalue weighted by Gasteiger charge is -2.28. The second-order valence-corrected chi connectivity index (χ2v) is 9.40. The van der Waals surface area contributed by atoms with Gasteiger partial charge in [-0.1, -0.05) is 77.3 Å². The van der Waals surface area contributed by atoms with Crippen LogP contribution in [-0.4, -0.2) is 16.6 Å². The standard InChI is InChI=1S/C28H39N3O/c1-3-5-7-9-22-11-13-24(14-12-22)21-32-28-30-19-26(20-31-28)27-16-15-23(10-8-6-4-2)17-25(27)18-29/h15-17,19-20,22,24H,3-14,21H2,1-2H3. The Kier molecular flexibility index (Phi) is 10.0. The molecule has 4 nitrogen and oxygen atoms in total. The maximum atomic E-state index is 9.62. The van der Waals surface area contributed by atoms with Crippen molar-refractivity contribution in [1.29, 1.82) is 5.26 Å². The molecule has 0 radical (unpaired) electrons. The molecule has 0 N–H and O–H groups in total. The predicted octanol–water partition coefficient (Wildman–Crippen LogP) is 7.51. The zero-order chi connectivity index (χ0) is 22.6. The normalized spacial score (nSPS) is 18.3. The summed E-state index contributed by atoms with van der Waals surface area (Å²) in [5, 5.41) is 9.62. The highest BCUT2D eigenvalue weighted by Gasteiger charge is 2.21. The summed E-state index contributed by atoms with van der Waals surface area (Å²) in [4.78, 5) is 8.84. The Morgan fingerprint density at radius 3 is 2.31 bits per heavy atom. The third kappa shape index (κ3) is 7.33. The number of unbranched alkanes of at least 4 members (excludes halogenated alkanes) is 4. The van der Waals surface area contributed by atoms with Crippen molar-refractivity contribution in [3.05, 3.63) is 41.7 Å². The number of nitrogens with zero attached hydrogens (tertiary/aromatic N) is 3. The molecule has 1 heterocycles. The van der Waals surface area contributed by atoms with Crippen LogP contribution in [0.15, 0.2) is 30.6 Å². The maximum Gasteiger partial charge on any atom is 0.316 e. The minimum Gasteiger partial charge on any atom is -0.463 e. The molecule has 0 bridgehead atoms. The highest BCUT2D eigenvalue weighted by molar-refractivity contribution is 5.69. The highest BCUT2D eigenvalue weighted by atomic mass is 16.5. The minimum absolute atomic E-state index is 0.438. The van der Waals surface area contributed by atoms with Crippen molar-refractivity contribution in [1.82, 2.24) is 9.97 Å². The van der Waals surface area contributed by atoms with Gasteiger partial charge in [0.1, 0.15) is 0 Å². The molecular formula is C28H39N3O. The van der Waals surface area contributed by atoms with Crippen molar-refractivity contribution in [3.8, 4) is 23.2 Å². The van der Waals surface area contributed by atoms with Crippen molar-refractivity contribution < 1.29 is 4.74 Å². The van der Waals surface area contributed by atoms with Gasteiger partial charge in [-0.2, -0.15) is 5.26 Å². The van der Waals surface area contributed by atoms with E-state index in [0.717, 1.165) is 29.9 Å². The molecule has 3 rings (SSSR count). The number of benzene rings is 1. The molecule has 1 aromatic carbocycles. The summed E-state index contributed by atoms with van der Waals surface area (Å²) in [6.07, 6.45) is 18.8. The van der Waals surface area contributed by atoms with Crippen LogP contribution in [0.4, 0.5) is 0 Å². The van der Waals surface area contributed by atoms with E-state index < -0.39 is 0 Å². The van der Waals surface area contributed by atoms with Crippen LogP contribution in [0.5, 0.6) is 6.01 Å². The van der Waals surface area contributed by atoms with Crippen LogP contribution in [0.2, 0.25) is 0 Å². The molecule has 0 spiro atoms. The van der Waals surface area contributed by atoms with E-state index in [2.05, 4.69) is 36.0 Å². The van der Waals surface area contributed by atoms with E-state index in [1.54, 1.807) is 12.4 Å². The summed E-state index contributed by atoms with van der Waals surface area (Å²) in [5.41, 5.74) is 3.66. The lowest BCUT2D eigenvalue weighted by atomic mass is 9.80. The van der Waals surface area contributed by atoms with E-state index in [9.17, 15) is 5.26 Å². The van der Waals surface area contributed by atoms with E-state index in [4.69, 9.17) is 4.74 Å². The van der Waals surface area contributed by atoms with Gasteiger partial charge in [0.2, 0.25) is 0 Å². The van der Waals surface area contributed by atoms with Gasteiger partial charge in [0.15, 0.2) is 0 Å². The van der Waals surface area contributed by atoms with Crippen LogP contribution in [0.25, 0.3) is 11.1 Å². The molecule has 0 atom stereocenters. The summed E-state index contributed by atoms with van der Waals surface area (Å²) in [7, 11) is 0. The first-order valence-corrected chi connectivity index (χ1v) is 12.7. The summed E-state index contributed by atoms with van der Waals surface area (Å²) in [5.74, 6) is 1.53. The molecule has 4 heteroatoms. The molecule has 1 fully saturated rings. The molecule has 1 aromatic heterocycles. The summed E-state index contributed by atoms with van der Waals surface area (Å²) in [6.45, 7) is 5.19. The minimum atomic E-state index is 0.438. The van der Waals surface area contributed by atoms with Crippen LogP contribution in [0.1, 0.15) is 95.6 Å². The van der Waals surface area contributed by atoms with Crippen LogP contribution in [0, 0.1) is 23.2 Å². The molecule has 1 aliphatic rings. The lowest BCUT2D eigenvalue weighted by Crippen LogP contribution is -2.20. The number of ether oxygens (including phenoxy) is 1. The summed E-state index contributed by atoms with van der Waals surface area (Å²) < 4.78 is 5.91. The molecule has 1 saturated carbocycles. The molecule has 0 amide bonds. The highest BCUT2D eigenvalue weighted by Crippen LogP contribution is 2.32. The van der Waals surface area contributed by atoms with Gasteiger partial charge >= 0.3 is 6.01 Å². The fourth-order valence-corrected chi connectivity index (χ4v) is 4.76. The largest absolute Gasteiger partial charge is 0.463 e. The maximum absolute atomic E-state index is 9.62. The number of rotatable bonds is 12. The topological polar surface area (TPSA) is 58.8 Å². The zero-order valence-corrected chi connectivity index (χ0v) is 20.0. The van der Waals surface area contributed by atoms with E-state index in [0.29, 0.717) is 24.1 Å². The molecule has 0 unspecified atom stereocenters. The molecule has 32 heavy (non-hydrogen) atoms. The number of nitriles is 1. The fourth-order valence-electron chi connectivity index (χ4n) is 4.76. The molecule has 0 aliphatic heterocycles. The van der Waals surface area contributed by atoms with Gasteiger partial charge < -0.3 is 4.74 Å². The second-order valence-electron chi connectivity index (χ2n) is 9.40. The Labute approximate surface area is 194 Å². The van der Waals surface area contributed by atoms with Gasteiger partial charge in [-0.3, -0.25) is 0 Å². The van der Waals surface area contributed by atoms with Gasteiger partial charge in [-0.05, 0) is 49.1 Å². The third-order valence-electron chi connectivity index (χ3n) is 6.84. The molecule has 0 saturated heterocycles. The Hall–Kier alpha value is -2.41. The van der Waals surface area contributed by atoms with Crippen LogP contribution < -0.4 is 4.74 Å². The number of aryl methyl sites for hydroxylation is 1. The van der Waals surface area contributed by atoms with E-state index in [-0.39, 0.29) is 0 Å². The number of hydrogen-bond donors (Lipinski definition) is 0. The average molecular weight is 434 g/mol. The SMILES string of the molecule is CCCCCc1ccc(-c2cnc(OCC3CCC(CCCCC)CC3)nc2)c(C#N)c1. The fraction of sp³-hybridized carbons (Fsp3) is 0.607. The van der Waals surface area contributed by atoms with Crippen LogP contribution in [0.3, 0.4) is 0 Å². The van der Waals surface area contributed by atoms with Crippen molar-refractivity contribution in [2.75, 3.05) is 6.61 Å². The van der Waals surface area contributed by atoms with Crippen molar-refractivity contribution in [2.45, 2.75) is 90.9 Å². The van der Waals surface area contributed by atoms with Gasteiger partial charge in [0, 0.05) is 23.5 Å². The summed E-state index contributed by atoms with van der Waals surface area (Å²) >= 11 is 0. The third-order valence-corrected chi connectivity index (χ3v) is 6.84. The van der Waals surface area contributed by atoms with Crippen molar-refractivity contribution in [2.24, 2.45) is 11.8 Å². The van der Waals surface area contributed by atoms with Crippen LogP contribution in [-0.2, 0) is 6.42 Å². The first-order valence-electron chi connectivity index (χ1n) is 12.7.